The Bertz CT molecular complexity index is 1110. The molecule has 0 saturated heterocycles. The van der Waals surface area contributed by atoms with E-state index in [1.165, 1.54) is 0 Å². The molecule has 0 fully saturated rings. The zero-order valence-electron chi connectivity index (χ0n) is 12.4. The number of aromatic amines is 1. The Morgan fingerprint density at radius 2 is 2.09 bits per heavy atom. The number of hydrogen-bond donors (Lipinski definition) is 1. The summed E-state index contributed by atoms with van der Waals surface area (Å²) in [6, 6.07) is 5.64. The van der Waals surface area contributed by atoms with Crippen LogP contribution < -0.4 is 5.56 Å². The van der Waals surface area contributed by atoms with Crippen molar-refractivity contribution in [2.45, 2.75) is 6.92 Å². The summed E-state index contributed by atoms with van der Waals surface area (Å²) in [4.78, 5) is 27.6. The molecule has 0 amide bonds. The predicted molar refractivity (Wildman–Crippen MR) is 89.0 cm³/mol. The summed E-state index contributed by atoms with van der Waals surface area (Å²) in [5, 5.41) is 0.530. The van der Waals surface area contributed by atoms with Gasteiger partial charge in [-0.2, -0.15) is 0 Å². The molecular weight excluding hydrogens is 290 g/mol. The number of nitrogens with one attached hydrogen (secondary N) is 1. The first-order valence-corrected chi connectivity index (χ1v) is 7.16. The smallest absolute Gasteiger partial charge is 0.259 e. The van der Waals surface area contributed by atoms with Crippen LogP contribution in [0, 0.1) is 6.92 Å². The number of fused-ring (bicyclic) bond motifs is 2. The molecule has 0 aliphatic carbocycles. The van der Waals surface area contributed by atoms with Crippen molar-refractivity contribution < 1.29 is 0 Å². The van der Waals surface area contributed by atoms with E-state index in [1.54, 1.807) is 30.7 Å². The van der Waals surface area contributed by atoms with Crippen molar-refractivity contribution in [1.29, 1.82) is 0 Å². The van der Waals surface area contributed by atoms with Crippen LogP contribution in [0.15, 0.2) is 47.8 Å². The van der Waals surface area contributed by atoms with E-state index < -0.39 is 0 Å². The summed E-state index contributed by atoms with van der Waals surface area (Å²) < 4.78 is 1.99. The Kier molecular flexibility index (Phi) is 3.01. The molecule has 0 radical (unpaired) electrons. The minimum Gasteiger partial charge on any atom is -0.306 e. The van der Waals surface area contributed by atoms with Crippen LogP contribution in [0.4, 0.5) is 0 Å². The summed E-state index contributed by atoms with van der Waals surface area (Å²) >= 11 is 0. The Morgan fingerprint density at radius 3 is 3.00 bits per heavy atom. The van der Waals surface area contributed by atoms with E-state index in [2.05, 4.69) is 19.9 Å². The Labute approximate surface area is 131 Å². The maximum atomic E-state index is 12.0. The second kappa shape index (κ2) is 5.17. The second-order valence-electron chi connectivity index (χ2n) is 5.30. The lowest BCUT2D eigenvalue weighted by molar-refractivity contribution is 1.12. The molecule has 0 spiro atoms. The summed E-state index contributed by atoms with van der Waals surface area (Å²) in [6.07, 6.45) is 10.6. The molecule has 0 bridgehead atoms. The van der Waals surface area contributed by atoms with Gasteiger partial charge in [0.1, 0.15) is 11.5 Å². The number of nitrogens with zero attached hydrogens (tertiary/aromatic N) is 4. The van der Waals surface area contributed by atoms with Gasteiger partial charge >= 0.3 is 0 Å². The van der Waals surface area contributed by atoms with Gasteiger partial charge in [-0.25, -0.2) is 9.97 Å². The normalized spacial score (nSPS) is 11.7. The Hall–Kier alpha value is -3.28. The summed E-state index contributed by atoms with van der Waals surface area (Å²) in [6.45, 7) is 2.03. The molecule has 0 aliphatic rings. The fourth-order valence-electron chi connectivity index (χ4n) is 2.48. The van der Waals surface area contributed by atoms with Gasteiger partial charge in [0, 0.05) is 12.4 Å². The van der Waals surface area contributed by atoms with Gasteiger partial charge in [-0.05, 0) is 36.8 Å². The van der Waals surface area contributed by atoms with Crippen molar-refractivity contribution in [3.8, 4) is 0 Å². The maximum absolute atomic E-state index is 12.0. The topological polar surface area (TPSA) is 75.9 Å². The molecule has 4 aromatic heterocycles. The zero-order valence-corrected chi connectivity index (χ0v) is 12.4. The van der Waals surface area contributed by atoms with E-state index in [-0.39, 0.29) is 5.56 Å². The lowest BCUT2D eigenvalue weighted by Gasteiger charge is -1.99. The molecule has 0 saturated carbocycles. The molecule has 0 atom stereocenters. The van der Waals surface area contributed by atoms with Crippen LogP contribution in [0.1, 0.15) is 17.1 Å². The number of hydrogen-bond acceptors (Lipinski definition) is 4. The highest BCUT2D eigenvalue weighted by Crippen LogP contribution is 2.12. The first-order valence-electron chi connectivity index (χ1n) is 7.16. The monoisotopic (exact) mass is 303 g/mol. The SMILES string of the molecule is Cc1ccc2ncc(/C=C/c3nc4cnccc4c(=O)[nH]3)n2c1. The lowest BCUT2D eigenvalue weighted by Crippen LogP contribution is -2.09. The molecule has 6 heteroatoms. The number of rotatable bonds is 2. The molecule has 112 valence electrons. The van der Waals surface area contributed by atoms with Crippen molar-refractivity contribution in [3.63, 3.8) is 0 Å². The Morgan fingerprint density at radius 1 is 1.17 bits per heavy atom. The maximum Gasteiger partial charge on any atom is 0.259 e. The van der Waals surface area contributed by atoms with Crippen LogP contribution >= 0.6 is 0 Å². The number of imidazole rings is 1. The van der Waals surface area contributed by atoms with E-state index in [9.17, 15) is 4.79 Å². The van der Waals surface area contributed by atoms with Gasteiger partial charge < -0.3 is 9.38 Å². The molecule has 0 unspecified atom stereocenters. The summed E-state index contributed by atoms with van der Waals surface area (Å²) in [5.74, 6) is 0.484. The first-order chi connectivity index (χ1) is 11.2. The van der Waals surface area contributed by atoms with E-state index in [0.717, 1.165) is 16.9 Å². The lowest BCUT2D eigenvalue weighted by atomic mass is 10.3. The van der Waals surface area contributed by atoms with Gasteiger partial charge in [0.2, 0.25) is 0 Å². The van der Waals surface area contributed by atoms with Crippen LogP contribution in [0.3, 0.4) is 0 Å². The van der Waals surface area contributed by atoms with Crippen molar-refractivity contribution in [2.24, 2.45) is 0 Å². The molecule has 4 aromatic rings. The molecule has 6 nitrogen and oxygen atoms in total. The zero-order chi connectivity index (χ0) is 15.8. The van der Waals surface area contributed by atoms with Gasteiger partial charge in [0.15, 0.2) is 0 Å². The third kappa shape index (κ3) is 2.40. The average Bonchev–Trinajstić information content (AvgIpc) is 2.95. The number of H-pyrrole nitrogens is 1. The van der Waals surface area contributed by atoms with Crippen LogP contribution in [0.2, 0.25) is 0 Å². The molecule has 1 N–H and O–H groups in total. The van der Waals surface area contributed by atoms with Gasteiger partial charge in [0.05, 0.1) is 29.0 Å². The van der Waals surface area contributed by atoms with E-state index in [0.29, 0.717) is 16.7 Å². The summed E-state index contributed by atoms with van der Waals surface area (Å²) in [7, 11) is 0. The highest BCUT2D eigenvalue weighted by Gasteiger charge is 2.03. The largest absolute Gasteiger partial charge is 0.306 e. The second-order valence-corrected chi connectivity index (χ2v) is 5.30. The molecule has 0 aliphatic heterocycles. The minimum atomic E-state index is -0.175. The van der Waals surface area contributed by atoms with Gasteiger partial charge in [-0.3, -0.25) is 9.78 Å². The Balaban J connectivity index is 1.78. The van der Waals surface area contributed by atoms with Crippen LogP contribution in [0.25, 0.3) is 28.7 Å². The summed E-state index contributed by atoms with van der Waals surface area (Å²) in [5.41, 5.74) is 3.33. The number of aryl methyl sites for hydroxylation is 1. The van der Waals surface area contributed by atoms with E-state index in [1.807, 2.05) is 35.7 Å². The van der Waals surface area contributed by atoms with Crippen molar-refractivity contribution in [1.82, 2.24) is 24.3 Å². The highest BCUT2D eigenvalue weighted by atomic mass is 16.1. The van der Waals surface area contributed by atoms with Crippen LogP contribution in [-0.4, -0.2) is 24.3 Å². The van der Waals surface area contributed by atoms with Crippen molar-refractivity contribution in [3.05, 3.63) is 70.4 Å². The number of pyridine rings is 2. The van der Waals surface area contributed by atoms with E-state index >= 15 is 0 Å². The molecular formula is C17H13N5O. The van der Waals surface area contributed by atoms with Crippen molar-refractivity contribution in [2.75, 3.05) is 0 Å². The van der Waals surface area contributed by atoms with Gasteiger partial charge in [-0.1, -0.05) is 6.07 Å². The molecule has 4 rings (SSSR count). The fraction of sp³-hybridized carbons (Fsp3) is 0.0588. The third-order valence-electron chi connectivity index (χ3n) is 3.62. The highest BCUT2D eigenvalue weighted by molar-refractivity contribution is 5.78. The molecule has 0 aromatic carbocycles. The first kappa shape index (κ1) is 13.4. The quantitative estimate of drug-likeness (QED) is 0.617. The number of aromatic nitrogens is 5. The van der Waals surface area contributed by atoms with E-state index in [4.69, 9.17) is 0 Å². The van der Waals surface area contributed by atoms with Gasteiger partial charge in [-0.15, -0.1) is 0 Å². The molecule has 23 heavy (non-hydrogen) atoms. The van der Waals surface area contributed by atoms with Crippen LogP contribution in [0.5, 0.6) is 0 Å². The van der Waals surface area contributed by atoms with Crippen molar-refractivity contribution >= 4 is 28.7 Å². The minimum absolute atomic E-state index is 0.175. The average molecular weight is 303 g/mol. The third-order valence-corrected chi connectivity index (χ3v) is 3.62. The fourth-order valence-corrected chi connectivity index (χ4v) is 2.48. The van der Waals surface area contributed by atoms with Gasteiger partial charge in [0.25, 0.3) is 5.56 Å². The molecule has 4 heterocycles. The standard InChI is InChI=1S/C17H13N5O/c1-11-2-5-16-19-8-12(22(16)10-11)3-4-15-20-14-9-18-7-6-13(14)17(23)21-15/h2-10H,1H3,(H,20,21,23)/b4-3+. The predicted octanol–water partition coefficient (Wildman–Crippen LogP) is 2.44. The van der Waals surface area contributed by atoms with Crippen LogP contribution in [-0.2, 0) is 0 Å².